The van der Waals surface area contributed by atoms with E-state index in [0.29, 0.717) is 0 Å². The Balaban J connectivity index is 1.53. The number of hydrogen-bond donors (Lipinski definition) is 0. The van der Waals surface area contributed by atoms with Gasteiger partial charge in [0.05, 0.1) is 18.1 Å². The summed E-state index contributed by atoms with van der Waals surface area (Å²) in [6.07, 6.45) is 3.36. The Hall–Kier alpha value is -3.44. The van der Waals surface area contributed by atoms with E-state index in [1.165, 1.54) is 11.1 Å². The Labute approximate surface area is 175 Å². The number of rotatable bonds is 4. The van der Waals surface area contributed by atoms with Gasteiger partial charge in [0.25, 0.3) is 0 Å². The number of methoxy groups -OCH3 is 1. The molecule has 4 aromatic rings. The number of benzene rings is 3. The average molecular weight is 397 g/mol. The molecule has 2 heterocycles. The first-order valence-corrected chi connectivity index (χ1v) is 10.1. The third kappa shape index (κ3) is 3.60. The van der Waals surface area contributed by atoms with E-state index >= 15 is 0 Å². The predicted molar refractivity (Wildman–Crippen MR) is 116 cm³/mol. The molecule has 150 valence electrons. The molecule has 0 spiro atoms. The Bertz CT molecular complexity index is 1170. The SMILES string of the molecule is COc1ccccc1C1CN(Cc2cccc3nccnc23)Cc2ccccc2O1. The third-order valence-corrected chi connectivity index (χ3v) is 5.52. The second-order valence-corrected chi connectivity index (χ2v) is 7.47. The normalized spacial score (nSPS) is 16.5. The average Bonchev–Trinajstić information content (AvgIpc) is 2.98. The monoisotopic (exact) mass is 397 g/mol. The lowest BCUT2D eigenvalue weighted by molar-refractivity contribution is 0.141. The van der Waals surface area contributed by atoms with Crippen LogP contribution >= 0.6 is 0 Å². The topological polar surface area (TPSA) is 47.5 Å². The van der Waals surface area contributed by atoms with Gasteiger partial charge in [-0.25, -0.2) is 0 Å². The molecule has 0 saturated carbocycles. The molecule has 1 unspecified atom stereocenters. The summed E-state index contributed by atoms with van der Waals surface area (Å²) in [4.78, 5) is 11.4. The molecule has 3 aromatic carbocycles. The molecule has 5 heteroatoms. The number of aromatic nitrogens is 2. The van der Waals surface area contributed by atoms with E-state index in [1.54, 1.807) is 19.5 Å². The van der Waals surface area contributed by atoms with Gasteiger partial charge in [0.1, 0.15) is 17.6 Å². The Kier molecular flexibility index (Phi) is 5.03. The smallest absolute Gasteiger partial charge is 0.140 e. The first kappa shape index (κ1) is 18.6. The van der Waals surface area contributed by atoms with Crippen LogP contribution < -0.4 is 9.47 Å². The quantitative estimate of drug-likeness (QED) is 0.496. The minimum absolute atomic E-state index is 0.133. The van der Waals surface area contributed by atoms with E-state index in [4.69, 9.17) is 9.47 Å². The first-order valence-electron chi connectivity index (χ1n) is 10.1. The van der Waals surface area contributed by atoms with Crippen molar-refractivity contribution >= 4 is 11.0 Å². The van der Waals surface area contributed by atoms with Crippen molar-refractivity contribution in [3.05, 3.63) is 95.8 Å². The molecule has 5 nitrogen and oxygen atoms in total. The summed E-state index contributed by atoms with van der Waals surface area (Å²) >= 11 is 0. The number of para-hydroxylation sites is 3. The van der Waals surface area contributed by atoms with Crippen LogP contribution in [-0.2, 0) is 13.1 Å². The van der Waals surface area contributed by atoms with Gasteiger partial charge in [-0.15, -0.1) is 0 Å². The van der Waals surface area contributed by atoms with Crippen molar-refractivity contribution in [2.45, 2.75) is 19.2 Å². The highest BCUT2D eigenvalue weighted by molar-refractivity contribution is 5.77. The lowest BCUT2D eigenvalue weighted by atomic mass is 10.1. The predicted octanol–water partition coefficient (Wildman–Crippen LogP) is 4.77. The Morgan fingerprint density at radius 3 is 2.73 bits per heavy atom. The van der Waals surface area contributed by atoms with Crippen LogP contribution in [0.1, 0.15) is 22.8 Å². The van der Waals surface area contributed by atoms with Gasteiger partial charge in [-0.1, -0.05) is 48.5 Å². The fourth-order valence-corrected chi connectivity index (χ4v) is 4.12. The molecular formula is C25H23N3O2. The van der Waals surface area contributed by atoms with Crippen molar-refractivity contribution in [1.29, 1.82) is 0 Å². The van der Waals surface area contributed by atoms with E-state index in [2.05, 4.69) is 39.1 Å². The number of nitrogens with zero attached hydrogens (tertiary/aromatic N) is 3. The second kappa shape index (κ2) is 8.13. The van der Waals surface area contributed by atoms with Crippen LogP contribution in [0.3, 0.4) is 0 Å². The van der Waals surface area contributed by atoms with Crippen LogP contribution in [0.15, 0.2) is 79.1 Å². The zero-order valence-corrected chi connectivity index (χ0v) is 16.9. The fraction of sp³-hybridized carbons (Fsp3) is 0.200. The summed E-state index contributed by atoms with van der Waals surface area (Å²) in [7, 11) is 1.70. The molecule has 0 saturated heterocycles. The van der Waals surface area contributed by atoms with Crippen LogP contribution in [-0.4, -0.2) is 28.5 Å². The maximum absolute atomic E-state index is 6.49. The van der Waals surface area contributed by atoms with Gasteiger partial charge in [-0.3, -0.25) is 14.9 Å². The number of hydrogen-bond acceptors (Lipinski definition) is 5. The molecule has 0 aliphatic carbocycles. The van der Waals surface area contributed by atoms with Gasteiger partial charge in [-0.2, -0.15) is 0 Å². The number of fused-ring (bicyclic) bond motifs is 2. The fourth-order valence-electron chi connectivity index (χ4n) is 4.12. The van der Waals surface area contributed by atoms with Crippen LogP contribution in [0.25, 0.3) is 11.0 Å². The highest BCUT2D eigenvalue weighted by Gasteiger charge is 2.26. The molecule has 1 aromatic heterocycles. The standard InChI is InChI=1S/C25H23N3O2/c1-29-23-12-5-3-9-20(23)24-17-28(15-18-7-2-4-11-22(18)30-24)16-19-8-6-10-21-25(19)27-14-13-26-21/h2-14,24H,15-17H2,1H3. The van der Waals surface area contributed by atoms with Crippen molar-refractivity contribution < 1.29 is 9.47 Å². The Morgan fingerprint density at radius 2 is 1.80 bits per heavy atom. The van der Waals surface area contributed by atoms with E-state index in [9.17, 15) is 0 Å². The van der Waals surface area contributed by atoms with Crippen LogP contribution in [0.2, 0.25) is 0 Å². The van der Waals surface area contributed by atoms with Gasteiger partial charge < -0.3 is 9.47 Å². The summed E-state index contributed by atoms with van der Waals surface area (Å²) in [6.45, 7) is 2.31. The van der Waals surface area contributed by atoms with Crippen molar-refractivity contribution in [2.75, 3.05) is 13.7 Å². The molecule has 1 aliphatic rings. The largest absolute Gasteiger partial charge is 0.496 e. The van der Waals surface area contributed by atoms with Crippen LogP contribution in [0.4, 0.5) is 0 Å². The molecule has 0 fully saturated rings. The van der Waals surface area contributed by atoms with Crippen molar-refractivity contribution in [2.24, 2.45) is 0 Å². The molecule has 0 bridgehead atoms. The van der Waals surface area contributed by atoms with Crippen LogP contribution in [0.5, 0.6) is 11.5 Å². The molecule has 0 amide bonds. The molecule has 1 aliphatic heterocycles. The number of ether oxygens (including phenoxy) is 2. The summed E-state index contributed by atoms with van der Waals surface area (Å²) < 4.78 is 12.1. The van der Waals surface area contributed by atoms with Gasteiger partial charge >= 0.3 is 0 Å². The van der Waals surface area contributed by atoms with Gasteiger partial charge in [0.2, 0.25) is 0 Å². The highest BCUT2D eigenvalue weighted by atomic mass is 16.5. The van der Waals surface area contributed by atoms with E-state index < -0.39 is 0 Å². The molecular weight excluding hydrogens is 374 g/mol. The van der Waals surface area contributed by atoms with Gasteiger partial charge in [0.15, 0.2) is 0 Å². The van der Waals surface area contributed by atoms with Crippen molar-refractivity contribution in [3.8, 4) is 11.5 Å². The lowest BCUT2D eigenvalue weighted by Crippen LogP contribution is -2.28. The van der Waals surface area contributed by atoms with Crippen molar-refractivity contribution in [1.82, 2.24) is 14.9 Å². The minimum Gasteiger partial charge on any atom is -0.496 e. The van der Waals surface area contributed by atoms with E-state index in [1.807, 2.05) is 42.5 Å². The van der Waals surface area contributed by atoms with Crippen molar-refractivity contribution in [3.63, 3.8) is 0 Å². The molecule has 0 N–H and O–H groups in total. The third-order valence-electron chi connectivity index (χ3n) is 5.52. The zero-order valence-electron chi connectivity index (χ0n) is 16.9. The van der Waals surface area contributed by atoms with Crippen LogP contribution in [0, 0.1) is 0 Å². The molecule has 1 atom stereocenters. The summed E-state index contributed by atoms with van der Waals surface area (Å²) in [5.41, 5.74) is 5.27. The van der Waals surface area contributed by atoms with Gasteiger partial charge in [0, 0.05) is 43.2 Å². The summed E-state index contributed by atoms with van der Waals surface area (Å²) in [5, 5.41) is 0. The maximum Gasteiger partial charge on any atom is 0.140 e. The lowest BCUT2D eigenvalue weighted by Gasteiger charge is -2.25. The van der Waals surface area contributed by atoms with E-state index in [0.717, 1.165) is 47.7 Å². The first-order chi connectivity index (χ1) is 14.8. The summed E-state index contributed by atoms with van der Waals surface area (Å²) in [5.74, 6) is 1.77. The van der Waals surface area contributed by atoms with E-state index in [-0.39, 0.29) is 6.10 Å². The maximum atomic E-state index is 6.49. The molecule has 30 heavy (non-hydrogen) atoms. The molecule has 5 rings (SSSR count). The highest BCUT2D eigenvalue weighted by Crippen LogP contribution is 2.35. The minimum atomic E-state index is -0.133. The van der Waals surface area contributed by atoms with Gasteiger partial charge in [-0.05, 0) is 23.8 Å². The zero-order chi connectivity index (χ0) is 20.3. The Morgan fingerprint density at radius 1 is 0.967 bits per heavy atom. The second-order valence-electron chi connectivity index (χ2n) is 7.47. The molecule has 0 radical (unpaired) electrons. The summed E-state index contributed by atoms with van der Waals surface area (Å²) in [6, 6.07) is 22.5.